The molecular formula is C20H25N6O6S2+. The normalized spacial score (nSPS) is 26.4. The number of fused-ring (bicyclic) bond motifs is 1. The Kier molecular flexibility index (Phi) is 6.66. The first-order chi connectivity index (χ1) is 16.1. The number of β-lactam (4-membered cyclic amide) rings is 1. The summed E-state index contributed by atoms with van der Waals surface area (Å²) in [5.41, 5.74) is 6.17. The number of carboxylic acid groups (broad SMARTS) is 1. The summed E-state index contributed by atoms with van der Waals surface area (Å²) in [7, 11) is 5.19. The molecular weight excluding hydrogens is 484 g/mol. The van der Waals surface area contributed by atoms with Crippen molar-refractivity contribution in [3.63, 3.8) is 0 Å². The van der Waals surface area contributed by atoms with Gasteiger partial charge in [0.05, 0.1) is 14.1 Å². The molecule has 3 aliphatic rings. The standard InChI is InChI=1S/C20H24N6O6S2/c1-26(2)7-6-11(32-26)5-4-10-8-33-18-14(17(28)25(18)15(10)19(29)30)23-16(27)13(24-31-3)12-9-34-20(21)22-12/h4-5,9,11,14,18H,6-8H2,1-3H3,(H3-,21,22,23,27,29,30)/p+1/b5-4+,24-13-/t11-,14-,18-/m1/s1. The summed E-state index contributed by atoms with van der Waals surface area (Å²) in [6.45, 7) is 0.852. The van der Waals surface area contributed by atoms with Crippen molar-refractivity contribution in [2.45, 2.75) is 23.9 Å². The number of hydrogen-bond acceptors (Lipinski definition) is 10. The third kappa shape index (κ3) is 4.66. The van der Waals surface area contributed by atoms with Gasteiger partial charge in [0.25, 0.3) is 11.8 Å². The van der Waals surface area contributed by atoms with E-state index in [1.54, 1.807) is 11.5 Å². The van der Waals surface area contributed by atoms with Crippen LogP contribution in [0.25, 0.3) is 0 Å². The van der Waals surface area contributed by atoms with Crippen molar-refractivity contribution in [2.24, 2.45) is 5.16 Å². The number of carbonyl (C=O) groups excluding carboxylic acids is 2. The SMILES string of the molecule is CO/N=C(\C(=O)N[C@@H]1C(=O)N2C(C(=O)O)=C(/C=C/[C@@H]3CC[N+](C)(C)O3)CS[C@H]12)c1csc(N)n1. The van der Waals surface area contributed by atoms with Gasteiger partial charge in [-0.25, -0.2) is 9.78 Å². The predicted molar refractivity (Wildman–Crippen MR) is 125 cm³/mol. The number of amides is 2. The molecule has 0 aliphatic carbocycles. The minimum atomic E-state index is -1.20. The average molecular weight is 510 g/mol. The van der Waals surface area contributed by atoms with Crippen LogP contribution >= 0.6 is 23.1 Å². The molecule has 2 fully saturated rings. The summed E-state index contributed by atoms with van der Waals surface area (Å²) in [5.74, 6) is -2.02. The van der Waals surface area contributed by atoms with E-state index in [2.05, 4.69) is 15.5 Å². The summed E-state index contributed by atoms with van der Waals surface area (Å²) in [6, 6.07) is -0.910. The quantitative estimate of drug-likeness (QED) is 0.201. The summed E-state index contributed by atoms with van der Waals surface area (Å²) in [5, 5.41) is 17.4. The van der Waals surface area contributed by atoms with E-state index in [4.69, 9.17) is 15.4 Å². The summed E-state index contributed by atoms with van der Waals surface area (Å²) < 4.78 is 0.435. The second-order valence-corrected chi connectivity index (χ2v) is 10.3. The second kappa shape index (κ2) is 9.37. The zero-order chi connectivity index (χ0) is 24.6. The van der Waals surface area contributed by atoms with Gasteiger partial charge >= 0.3 is 5.97 Å². The number of anilines is 1. The van der Waals surface area contributed by atoms with Crippen molar-refractivity contribution in [1.29, 1.82) is 0 Å². The molecule has 182 valence electrons. The number of nitrogens with zero attached hydrogens (tertiary/aromatic N) is 4. The molecule has 4 rings (SSSR count). The van der Waals surface area contributed by atoms with E-state index in [1.807, 2.05) is 20.2 Å². The Labute approximate surface area is 203 Å². The first-order valence-corrected chi connectivity index (χ1v) is 12.3. The van der Waals surface area contributed by atoms with Gasteiger partial charge in [-0.3, -0.25) is 14.5 Å². The van der Waals surface area contributed by atoms with Crippen LogP contribution < -0.4 is 11.1 Å². The number of nitrogens with one attached hydrogen (secondary N) is 1. The van der Waals surface area contributed by atoms with Gasteiger partial charge < -0.3 is 21.0 Å². The molecule has 14 heteroatoms. The Hall–Kier alpha value is -2.94. The van der Waals surface area contributed by atoms with Crippen LogP contribution in [-0.4, -0.2) is 94.2 Å². The van der Waals surface area contributed by atoms with E-state index >= 15 is 0 Å². The van der Waals surface area contributed by atoms with Crippen LogP contribution in [-0.2, 0) is 24.1 Å². The van der Waals surface area contributed by atoms with Crippen molar-refractivity contribution in [3.8, 4) is 0 Å². The minimum absolute atomic E-state index is 0.0831. The molecule has 1 aromatic heterocycles. The number of thiazole rings is 1. The number of carbonyl (C=O) groups is 3. The number of hydrogen-bond donors (Lipinski definition) is 3. The van der Waals surface area contributed by atoms with Gasteiger partial charge in [-0.15, -0.1) is 23.1 Å². The van der Waals surface area contributed by atoms with Gasteiger partial charge in [-0.2, -0.15) is 9.48 Å². The smallest absolute Gasteiger partial charge is 0.352 e. The number of rotatable bonds is 7. The van der Waals surface area contributed by atoms with Crippen molar-refractivity contribution in [2.75, 3.05) is 39.2 Å². The number of quaternary nitrogens is 1. The van der Waals surface area contributed by atoms with Gasteiger partial charge in [0.15, 0.2) is 10.8 Å². The summed E-state index contributed by atoms with van der Waals surface area (Å²) in [6.07, 6.45) is 4.25. The molecule has 3 aliphatic heterocycles. The largest absolute Gasteiger partial charge is 0.477 e. The molecule has 3 atom stereocenters. The van der Waals surface area contributed by atoms with Crippen molar-refractivity contribution in [3.05, 3.63) is 34.5 Å². The van der Waals surface area contributed by atoms with Gasteiger partial charge in [0.2, 0.25) is 0 Å². The number of oxime groups is 1. The topological polar surface area (TPSA) is 156 Å². The zero-order valence-corrected chi connectivity index (χ0v) is 20.4. The van der Waals surface area contributed by atoms with E-state index in [1.165, 1.54) is 23.8 Å². The number of allylic oxidation sites excluding steroid dienone is 1. The Morgan fingerprint density at radius 2 is 2.24 bits per heavy atom. The lowest BCUT2D eigenvalue weighted by Gasteiger charge is -2.49. The van der Waals surface area contributed by atoms with Crippen LogP contribution in [0.4, 0.5) is 5.13 Å². The van der Waals surface area contributed by atoms with Crippen LogP contribution in [0.2, 0.25) is 0 Å². The van der Waals surface area contributed by atoms with Crippen LogP contribution in [0.5, 0.6) is 0 Å². The van der Waals surface area contributed by atoms with E-state index < -0.39 is 29.2 Å². The number of aliphatic carboxylic acids is 1. The lowest BCUT2D eigenvalue weighted by molar-refractivity contribution is -1.06. The average Bonchev–Trinajstić information content (AvgIpc) is 3.37. The zero-order valence-electron chi connectivity index (χ0n) is 18.8. The van der Waals surface area contributed by atoms with E-state index in [0.29, 0.717) is 16.0 Å². The Balaban J connectivity index is 1.49. The number of aromatic nitrogens is 1. The Morgan fingerprint density at radius 3 is 2.82 bits per heavy atom. The molecule has 12 nitrogen and oxygen atoms in total. The fourth-order valence-electron chi connectivity index (χ4n) is 3.94. The van der Waals surface area contributed by atoms with Crippen molar-refractivity contribution >= 4 is 51.7 Å². The third-order valence-electron chi connectivity index (χ3n) is 5.53. The first kappa shape index (κ1) is 24.2. The molecule has 1 aromatic rings. The molecule has 2 amide bonds. The fraction of sp³-hybridized carbons (Fsp3) is 0.450. The predicted octanol–water partition coefficient (Wildman–Crippen LogP) is 0.151. The third-order valence-corrected chi connectivity index (χ3v) is 7.51. The number of carboxylic acids is 1. The van der Waals surface area contributed by atoms with Crippen molar-refractivity contribution < 1.29 is 33.8 Å². The van der Waals surface area contributed by atoms with Crippen LogP contribution in [0.1, 0.15) is 12.1 Å². The van der Waals surface area contributed by atoms with Crippen LogP contribution in [0.3, 0.4) is 0 Å². The Bertz CT molecular complexity index is 1110. The molecule has 0 aromatic carbocycles. The first-order valence-electron chi connectivity index (χ1n) is 10.4. The molecule has 4 N–H and O–H groups in total. The lowest BCUT2D eigenvalue weighted by atomic mass is 10.0. The molecule has 4 heterocycles. The fourth-order valence-corrected chi connectivity index (χ4v) is 5.80. The summed E-state index contributed by atoms with van der Waals surface area (Å²) in [4.78, 5) is 53.6. The monoisotopic (exact) mass is 509 g/mol. The Morgan fingerprint density at radius 1 is 1.47 bits per heavy atom. The molecule has 0 unspecified atom stereocenters. The van der Waals surface area contributed by atoms with Crippen LogP contribution in [0.15, 0.2) is 34.0 Å². The summed E-state index contributed by atoms with van der Waals surface area (Å²) >= 11 is 2.51. The molecule has 34 heavy (non-hydrogen) atoms. The number of nitrogens with two attached hydrogens (primary N) is 1. The highest BCUT2D eigenvalue weighted by molar-refractivity contribution is 8.00. The maximum Gasteiger partial charge on any atom is 0.352 e. The minimum Gasteiger partial charge on any atom is -0.477 e. The van der Waals surface area contributed by atoms with Gasteiger partial charge in [0.1, 0.15) is 42.6 Å². The number of thioether (sulfide) groups is 1. The van der Waals surface area contributed by atoms with Gasteiger partial charge in [0, 0.05) is 17.6 Å². The molecule has 2 saturated heterocycles. The van der Waals surface area contributed by atoms with E-state index in [-0.39, 0.29) is 28.3 Å². The van der Waals surface area contributed by atoms with E-state index in [0.717, 1.165) is 24.3 Å². The maximum atomic E-state index is 12.9. The van der Waals surface area contributed by atoms with Gasteiger partial charge in [-0.05, 0) is 11.6 Å². The molecule has 0 spiro atoms. The molecule has 0 bridgehead atoms. The van der Waals surface area contributed by atoms with E-state index in [9.17, 15) is 19.5 Å². The maximum absolute atomic E-state index is 12.9. The molecule has 0 radical (unpaired) electrons. The van der Waals surface area contributed by atoms with Crippen LogP contribution in [0, 0.1) is 0 Å². The highest BCUT2D eigenvalue weighted by Crippen LogP contribution is 2.41. The highest BCUT2D eigenvalue weighted by atomic mass is 32.2. The lowest BCUT2D eigenvalue weighted by Crippen LogP contribution is -2.71. The highest BCUT2D eigenvalue weighted by Gasteiger charge is 2.54. The number of hydroxylamine groups is 3. The van der Waals surface area contributed by atoms with Gasteiger partial charge in [-0.1, -0.05) is 11.2 Å². The van der Waals surface area contributed by atoms with Crippen molar-refractivity contribution in [1.82, 2.24) is 15.2 Å². The second-order valence-electron chi connectivity index (χ2n) is 8.32. The number of nitrogen functional groups attached to an aromatic ring is 1. The molecule has 0 saturated carbocycles.